The second-order valence-corrected chi connectivity index (χ2v) is 6.81. The van der Waals surface area contributed by atoms with E-state index in [0.29, 0.717) is 12.4 Å². The van der Waals surface area contributed by atoms with Gasteiger partial charge in [0.2, 0.25) is 10.0 Å². The number of aliphatic hydroxyl groups is 1. The highest BCUT2D eigenvalue weighted by Crippen LogP contribution is 2.19. The van der Waals surface area contributed by atoms with Gasteiger partial charge in [0.15, 0.2) is 0 Å². The number of likely N-dealkylation sites (N-methyl/N-ethyl adjacent to an activating group) is 1. The predicted molar refractivity (Wildman–Crippen MR) is 74.5 cm³/mol. The lowest BCUT2D eigenvalue weighted by molar-refractivity contribution is 0.0601. The third-order valence-corrected chi connectivity index (χ3v) is 4.46. The molecule has 0 bridgehead atoms. The molecule has 1 aromatic rings. The number of aromatic nitrogens is 1. The first-order chi connectivity index (χ1) is 8.70. The average Bonchev–Trinajstić information content (AvgIpc) is 2.34. The van der Waals surface area contributed by atoms with Crippen LogP contribution in [0.25, 0.3) is 0 Å². The van der Waals surface area contributed by atoms with E-state index in [1.165, 1.54) is 22.6 Å². The number of sulfonamides is 1. The van der Waals surface area contributed by atoms with E-state index in [-0.39, 0.29) is 11.4 Å². The largest absolute Gasteiger partial charge is 0.389 e. The second-order valence-electron chi connectivity index (χ2n) is 4.87. The monoisotopic (exact) mass is 287 g/mol. The smallest absolute Gasteiger partial charge is 0.243 e. The average molecular weight is 287 g/mol. The van der Waals surface area contributed by atoms with Crippen molar-refractivity contribution in [2.24, 2.45) is 0 Å². The molecule has 1 aromatic heterocycles. The van der Waals surface area contributed by atoms with Crippen molar-refractivity contribution in [2.75, 3.05) is 25.5 Å². The van der Waals surface area contributed by atoms with Gasteiger partial charge in [-0.2, -0.15) is 4.31 Å². The van der Waals surface area contributed by atoms with Crippen molar-refractivity contribution >= 4 is 15.8 Å². The van der Waals surface area contributed by atoms with Gasteiger partial charge in [-0.05, 0) is 19.9 Å². The van der Waals surface area contributed by atoms with E-state index in [4.69, 9.17) is 0 Å². The fraction of sp³-hybridized carbons (Fsp3) is 0.583. The third kappa shape index (κ3) is 4.15. The predicted octanol–water partition coefficient (Wildman–Crippen LogP) is 0.905. The number of hydrogen-bond acceptors (Lipinski definition) is 5. The minimum atomic E-state index is -3.62. The van der Waals surface area contributed by atoms with Crippen LogP contribution in [0.15, 0.2) is 23.2 Å². The van der Waals surface area contributed by atoms with Gasteiger partial charge in [-0.15, -0.1) is 0 Å². The SMILES string of the molecule is CCN(CC(C)(C)O)S(=O)(=O)c1ccnc(NC)c1. The van der Waals surface area contributed by atoms with Crippen LogP contribution in [-0.2, 0) is 10.0 Å². The van der Waals surface area contributed by atoms with Crippen molar-refractivity contribution in [2.45, 2.75) is 31.3 Å². The van der Waals surface area contributed by atoms with Crippen molar-refractivity contribution < 1.29 is 13.5 Å². The van der Waals surface area contributed by atoms with Crippen LogP contribution in [0.5, 0.6) is 0 Å². The molecule has 1 rings (SSSR count). The molecule has 7 heteroatoms. The first kappa shape index (κ1) is 15.9. The van der Waals surface area contributed by atoms with E-state index in [9.17, 15) is 13.5 Å². The van der Waals surface area contributed by atoms with E-state index < -0.39 is 15.6 Å². The number of nitrogens with one attached hydrogen (secondary N) is 1. The van der Waals surface area contributed by atoms with E-state index in [2.05, 4.69) is 10.3 Å². The first-order valence-electron chi connectivity index (χ1n) is 6.07. The molecule has 108 valence electrons. The molecule has 0 saturated carbocycles. The zero-order valence-corrected chi connectivity index (χ0v) is 12.5. The Bertz CT molecular complexity index is 523. The highest BCUT2D eigenvalue weighted by Gasteiger charge is 2.28. The quantitative estimate of drug-likeness (QED) is 0.812. The van der Waals surface area contributed by atoms with E-state index in [1.54, 1.807) is 27.8 Å². The molecule has 2 N–H and O–H groups in total. The lowest BCUT2D eigenvalue weighted by Crippen LogP contribution is -2.42. The van der Waals surface area contributed by atoms with Crippen LogP contribution in [0, 0.1) is 0 Å². The molecule has 0 aliphatic carbocycles. The zero-order chi connectivity index (χ0) is 14.7. The second kappa shape index (κ2) is 5.85. The highest BCUT2D eigenvalue weighted by molar-refractivity contribution is 7.89. The summed E-state index contributed by atoms with van der Waals surface area (Å²) < 4.78 is 26.2. The zero-order valence-electron chi connectivity index (χ0n) is 11.7. The number of pyridine rings is 1. The van der Waals surface area contributed by atoms with Crippen LogP contribution in [-0.4, -0.2) is 48.6 Å². The lowest BCUT2D eigenvalue weighted by Gasteiger charge is -2.27. The molecule has 0 radical (unpaired) electrons. The summed E-state index contributed by atoms with van der Waals surface area (Å²) in [5.74, 6) is 0.486. The molecular formula is C12H21N3O3S. The molecule has 0 aliphatic heterocycles. The van der Waals surface area contributed by atoms with Gasteiger partial charge in [0, 0.05) is 32.4 Å². The molecule has 0 atom stereocenters. The summed E-state index contributed by atoms with van der Waals surface area (Å²) in [7, 11) is -1.95. The maximum atomic E-state index is 12.5. The van der Waals surface area contributed by atoms with Gasteiger partial charge >= 0.3 is 0 Å². The van der Waals surface area contributed by atoms with Crippen molar-refractivity contribution in [1.29, 1.82) is 0 Å². The molecule has 0 aliphatic rings. The number of anilines is 1. The molecule has 6 nitrogen and oxygen atoms in total. The van der Waals surface area contributed by atoms with Gasteiger partial charge in [-0.25, -0.2) is 13.4 Å². The van der Waals surface area contributed by atoms with Crippen LogP contribution >= 0.6 is 0 Å². The normalized spacial score (nSPS) is 12.7. The van der Waals surface area contributed by atoms with Crippen molar-refractivity contribution in [3.63, 3.8) is 0 Å². The molecule has 0 aromatic carbocycles. The fourth-order valence-electron chi connectivity index (χ4n) is 1.66. The van der Waals surface area contributed by atoms with Gasteiger partial charge in [0.1, 0.15) is 5.82 Å². The molecule has 1 heterocycles. The van der Waals surface area contributed by atoms with Crippen LogP contribution in [0.4, 0.5) is 5.82 Å². The molecule has 0 unspecified atom stereocenters. The summed E-state index contributed by atoms with van der Waals surface area (Å²) in [4.78, 5) is 4.15. The minimum Gasteiger partial charge on any atom is -0.389 e. The van der Waals surface area contributed by atoms with Crippen LogP contribution in [0.1, 0.15) is 20.8 Å². The van der Waals surface area contributed by atoms with Gasteiger partial charge in [-0.3, -0.25) is 0 Å². The summed E-state index contributed by atoms with van der Waals surface area (Å²) in [5, 5.41) is 12.6. The number of rotatable bonds is 6. The molecule has 0 amide bonds. The lowest BCUT2D eigenvalue weighted by atomic mass is 10.1. The maximum Gasteiger partial charge on any atom is 0.243 e. The Morgan fingerprint density at radius 1 is 1.47 bits per heavy atom. The minimum absolute atomic E-state index is 0.0447. The Balaban J connectivity index is 3.13. The van der Waals surface area contributed by atoms with Crippen molar-refractivity contribution in [3.05, 3.63) is 18.3 Å². The number of hydrogen-bond donors (Lipinski definition) is 2. The Morgan fingerprint density at radius 2 is 2.11 bits per heavy atom. The van der Waals surface area contributed by atoms with Crippen molar-refractivity contribution in [3.8, 4) is 0 Å². The van der Waals surface area contributed by atoms with Crippen molar-refractivity contribution in [1.82, 2.24) is 9.29 Å². The summed E-state index contributed by atoms with van der Waals surface area (Å²) in [6.45, 7) is 5.24. The number of nitrogens with zero attached hydrogens (tertiary/aromatic N) is 2. The molecule has 0 spiro atoms. The van der Waals surface area contributed by atoms with Gasteiger partial charge in [0.05, 0.1) is 10.5 Å². The summed E-state index contributed by atoms with van der Waals surface area (Å²) >= 11 is 0. The van der Waals surface area contributed by atoms with Crippen LogP contribution < -0.4 is 5.32 Å². The summed E-state index contributed by atoms with van der Waals surface area (Å²) in [5.41, 5.74) is -1.08. The molecule has 19 heavy (non-hydrogen) atoms. The molecular weight excluding hydrogens is 266 g/mol. The van der Waals surface area contributed by atoms with E-state index >= 15 is 0 Å². The molecule has 0 saturated heterocycles. The Morgan fingerprint density at radius 3 is 2.58 bits per heavy atom. The Labute approximate surface area is 114 Å². The van der Waals surface area contributed by atoms with E-state index in [0.717, 1.165) is 0 Å². The summed E-state index contributed by atoms with van der Waals surface area (Å²) in [6.07, 6.45) is 1.44. The Kier molecular flexibility index (Phi) is 4.89. The topological polar surface area (TPSA) is 82.5 Å². The molecule has 0 fully saturated rings. The van der Waals surface area contributed by atoms with Crippen LogP contribution in [0.3, 0.4) is 0 Å². The maximum absolute atomic E-state index is 12.5. The summed E-state index contributed by atoms with van der Waals surface area (Å²) in [6, 6.07) is 2.92. The standard InChI is InChI=1S/C12H21N3O3S/c1-5-15(9-12(2,3)16)19(17,18)10-6-7-14-11(8-10)13-4/h6-8,16H,5,9H2,1-4H3,(H,13,14). The Hall–Kier alpha value is -1.18. The first-order valence-corrected chi connectivity index (χ1v) is 7.51. The van der Waals surface area contributed by atoms with Gasteiger partial charge < -0.3 is 10.4 Å². The van der Waals surface area contributed by atoms with Gasteiger partial charge in [-0.1, -0.05) is 6.92 Å². The fourth-order valence-corrected chi connectivity index (χ4v) is 3.27. The van der Waals surface area contributed by atoms with Crippen LogP contribution in [0.2, 0.25) is 0 Å². The van der Waals surface area contributed by atoms with E-state index in [1.807, 2.05) is 0 Å². The third-order valence-electron chi connectivity index (χ3n) is 2.54. The van der Waals surface area contributed by atoms with Gasteiger partial charge in [0.25, 0.3) is 0 Å². The highest BCUT2D eigenvalue weighted by atomic mass is 32.2.